The normalized spacial score (nSPS) is 10.6. The van der Waals surface area contributed by atoms with E-state index in [1.807, 2.05) is 39.8 Å². The lowest BCUT2D eigenvalue weighted by Crippen LogP contribution is -2.05. The Labute approximate surface area is 112 Å². The number of rotatable bonds is 2. The molecule has 0 spiro atoms. The molecule has 0 radical (unpaired) electrons. The third-order valence-electron chi connectivity index (χ3n) is 3.50. The first kappa shape index (κ1) is 13.3. The number of nitrogens with zero attached hydrogens (tertiary/aromatic N) is 1. The van der Waals surface area contributed by atoms with Crippen LogP contribution in [-0.4, -0.2) is 23.3 Å². The Morgan fingerprint density at radius 2 is 1.84 bits per heavy atom. The minimum atomic E-state index is -0.312. The van der Waals surface area contributed by atoms with Crippen molar-refractivity contribution in [1.29, 1.82) is 0 Å². The molecule has 1 aromatic carbocycles. The molecule has 0 fully saturated rings. The average molecular weight is 258 g/mol. The van der Waals surface area contributed by atoms with Crippen molar-refractivity contribution in [1.82, 2.24) is 10.2 Å². The SMILES string of the molecule is COC(=O)c1cc(-c2[nH]nc(C)c2C)c(C)cc1C. The largest absolute Gasteiger partial charge is 0.465 e. The van der Waals surface area contributed by atoms with E-state index in [1.54, 1.807) is 0 Å². The highest BCUT2D eigenvalue weighted by Crippen LogP contribution is 2.28. The number of carbonyl (C=O) groups is 1. The van der Waals surface area contributed by atoms with Crippen LogP contribution in [0.3, 0.4) is 0 Å². The molecule has 1 N–H and O–H groups in total. The number of aromatic nitrogens is 2. The summed E-state index contributed by atoms with van der Waals surface area (Å²) < 4.78 is 4.82. The number of H-pyrrole nitrogens is 1. The van der Waals surface area contributed by atoms with Crippen molar-refractivity contribution in [2.45, 2.75) is 27.7 Å². The smallest absolute Gasteiger partial charge is 0.338 e. The second kappa shape index (κ2) is 4.88. The molecule has 0 saturated heterocycles. The predicted molar refractivity (Wildman–Crippen MR) is 74.3 cm³/mol. The predicted octanol–water partition coefficient (Wildman–Crippen LogP) is 3.10. The zero-order chi connectivity index (χ0) is 14.2. The molecule has 100 valence electrons. The molecule has 0 aliphatic heterocycles. The Hall–Kier alpha value is -2.10. The van der Waals surface area contributed by atoms with Gasteiger partial charge in [-0.05, 0) is 50.5 Å². The van der Waals surface area contributed by atoms with Gasteiger partial charge in [-0.25, -0.2) is 4.79 Å². The van der Waals surface area contributed by atoms with E-state index in [9.17, 15) is 4.79 Å². The van der Waals surface area contributed by atoms with Gasteiger partial charge in [-0.15, -0.1) is 0 Å². The van der Waals surface area contributed by atoms with Gasteiger partial charge in [0.1, 0.15) is 0 Å². The molecule has 19 heavy (non-hydrogen) atoms. The highest BCUT2D eigenvalue weighted by Gasteiger charge is 2.16. The van der Waals surface area contributed by atoms with Crippen LogP contribution in [0.25, 0.3) is 11.3 Å². The maximum absolute atomic E-state index is 11.8. The van der Waals surface area contributed by atoms with Crippen LogP contribution in [0.15, 0.2) is 12.1 Å². The van der Waals surface area contributed by atoms with Crippen molar-refractivity contribution in [2.24, 2.45) is 0 Å². The molecule has 1 heterocycles. The Morgan fingerprint density at radius 1 is 1.16 bits per heavy atom. The second-order valence-electron chi connectivity index (χ2n) is 4.78. The summed E-state index contributed by atoms with van der Waals surface area (Å²) in [5, 5.41) is 7.24. The summed E-state index contributed by atoms with van der Waals surface area (Å²) >= 11 is 0. The Morgan fingerprint density at radius 3 is 2.37 bits per heavy atom. The Balaban J connectivity index is 2.64. The molecule has 0 saturated carbocycles. The van der Waals surface area contributed by atoms with Crippen LogP contribution in [0.5, 0.6) is 0 Å². The zero-order valence-electron chi connectivity index (χ0n) is 11.9. The molecule has 2 rings (SSSR count). The molecule has 0 aliphatic carbocycles. The van der Waals surface area contributed by atoms with E-state index in [4.69, 9.17) is 4.74 Å². The first-order valence-corrected chi connectivity index (χ1v) is 6.17. The number of hydrogen-bond acceptors (Lipinski definition) is 3. The lowest BCUT2D eigenvalue weighted by molar-refractivity contribution is 0.0600. The summed E-state index contributed by atoms with van der Waals surface area (Å²) in [5.41, 5.74) is 6.63. The van der Waals surface area contributed by atoms with Crippen molar-refractivity contribution in [3.05, 3.63) is 40.1 Å². The summed E-state index contributed by atoms with van der Waals surface area (Å²) in [7, 11) is 1.40. The number of methoxy groups -OCH3 is 1. The standard InChI is InChI=1S/C15H18N2O2/c1-8-6-9(2)13(15(18)19-5)7-12(8)14-10(3)11(4)16-17-14/h6-7H,1-5H3,(H,16,17). The highest BCUT2D eigenvalue weighted by molar-refractivity contribution is 5.93. The van der Waals surface area contributed by atoms with E-state index in [-0.39, 0.29) is 5.97 Å². The van der Waals surface area contributed by atoms with Gasteiger partial charge in [-0.1, -0.05) is 6.07 Å². The summed E-state index contributed by atoms with van der Waals surface area (Å²) in [5.74, 6) is -0.312. The summed E-state index contributed by atoms with van der Waals surface area (Å²) in [6, 6.07) is 3.87. The number of esters is 1. The number of benzene rings is 1. The number of aromatic amines is 1. The molecule has 1 aromatic heterocycles. The fourth-order valence-corrected chi connectivity index (χ4v) is 2.20. The van der Waals surface area contributed by atoms with Gasteiger partial charge in [0, 0.05) is 5.56 Å². The Kier molecular flexibility index (Phi) is 3.42. The quantitative estimate of drug-likeness (QED) is 0.842. The first-order chi connectivity index (χ1) is 8.95. The topological polar surface area (TPSA) is 55.0 Å². The molecular formula is C15H18N2O2. The van der Waals surface area contributed by atoms with Gasteiger partial charge in [0.25, 0.3) is 0 Å². The van der Waals surface area contributed by atoms with Crippen molar-refractivity contribution in [2.75, 3.05) is 7.11 Å². The number of carbonyl (C=O) groups excluding carboxylic acids is 1. The maximum Gasteiger partial charge on any atom is 0.338 e. The fraction of sp³-hybridized carbons (Fsp3) is 0.333. The van der Waals surface area contributed by atoms with Gasteiger partial charge in [-0.2, -0.15) is 5.10 Å². The van der Waals surface area contributed by atoms with Crippen LogP contribution < -0.4 is 0 Å². The van der Waals surface area contributed by atoms with E-state index in [0.29, 0.717) is 5.56 Å². The van der Waals surface area contributed by atoms with E-state index in [1.165, 1.54) is 7.11 Å². The summed E-state index contributed by atoms with van der Waals surface area (Å²) in [4.78, 5) is 11.8. The van der Waals surface area contributed by atoms with Crippen molar-refractivity contribution >= 4 is 5.97 Å². The molecule has 0 unspecified atom stereocenters. The second-order valence-corrected chi connectivity index (χ2v) is 4.78. The van der Waals surface area contributed by atoms with Gasteiger partial charge < -0.3 is 4.74 Å². The number of ether oxygens (including phenoxy) is 1. The van der Waals surface area contributed by atoms with E-state index >= 15 is 0 Å². The molecule has 2 aromatic rings. The monoisotopic (exact) mass is 258 g/mol. The first-order valence-electron chi connectivity index (χ1n) is 6.17. The van der Waals surface area contributed by atoms with Crippen LogP contribution >= 0.6 is 0 Å². The van der Waals surface area contributed by atoms with Crippen molar-refractivity contribution in [3.8, 4) is 11.3 Å². The molecule has 4 heteroatoms. The molecule has 0 bridgehead atoms. The van der Waals surface area contributed by atoms with Gasteiger partial charge in [0.15, 0.2) is 0 Å². The molecule has 0 aliphatic rings. The van der Waals surface area contributed by atoms with Crippen LogP contribution in [-0.2, 0) is 4.74 Å². The lowest BCUT2D eigenvalue weighted by Gasteiger charge is -2.10. The number of nitrogens with one attached hydrogen (secondary N) is 1. The van der Waals surface area contributed by atoms with Crippen LogP contribution in [0.4, 0.5) is 0 Å². The molecule has 4 nitrogen and oxygen atoms in total. The molecular weight excluding hydrogens is 240 g/mol. The van der Waals surface area contributed by atoms with Crippen molar-refractivity contribution in [3.63, 3.8) is 0 Å². The van der Waals surface area contributed by atoms with E-state index in [0.717, 1.165) is 33.6 Å². The van der Waals surface area contributed by atoms with Gasteiger partial charge in [-0.3, -0.25) is 5.10 Å². The Bertz CT molecular complexity index is 642. The minimum Gasteiger partial charge on any atom is -0.465 e. The van der Waals surface area contributed by atoms with E-state index < -0.39 is 0 Å². The summed E-state index contributed by atoms with van der Waals surface area (Å²) in [6.07, 6.45) is 0. The van der Waals surface area contributed by atoms with Crippen LogP contribution in [0, 0.1) is 27.7 Å². The maximum atomic E-state index is 11.8. The van der Waals surface area contributed by atoms with E-state index in [2.05, 4.69) is 10.2 Å². The minimum absolute atomic E-state index is 0.312. The van der Waals surface area contributed by atoms with Gasteiger partial charge in [0.2, 0.25) is 0 Å². The third kappa shape index (κ3) is 2.26. The summed E-state index contributed by atoms with van der Waals surface area (Å²) in [6.45, 7) is 7.92. The number of hydrogen-bond donors (Lipinski definition) is 1. The van der Waals surface area contributed by atoms with Crippen LogP contribution in [0.1, 0.15) is 32.7 Å². The van der Waals surface area contributed by atoms with Gasteiger partial charge >= 0.3 is 5.97 Å². The van der Waals surface area contributed by atoms with Crippen molar-refractivity contribution < 1.29 is 9.53 Å². The third-order valence-corrected chi connectivity index (χ3v) is 3.50. The molecule has 0 atom stereocenters. The number of aryl methyl sites for hydroxylation is 3. The highest BCUT2D eigenvalue weighted by atomic mass is 16.5. The van der Waals surface area contributed by atoms with Crippen LogP contribution in [0.2, 0.25) is 0 Å². The zero-order valence-corrected chi connectivity index (χ0v) is 11.9. The van der Waals surface area contributed by atoms with Gasteiger partial charge in [0.05, 0.1) is 24.1 Å². The molecule has 0 amide bonds. The lowest BCUT2D eigenvalue weighted by atomic mass is 9.96. The average Bonchev–Trinajstić information content (AvgIpc) is 2.70. The fourth-order valence-electron chi connectivity index (χ4n) is 2.20.